The fourth-order valence-electron chi connectivity index (χ4n) is 3.62. The summed E-state index contributed by atoms with van der Waals surface area (Å²) in [7, 11) is 1.75. The number of hydrogen-bond donors (Lipinski definition) is 0. The van der Waals surface area contributed by atoms with Crippen molar-refractivity contribution in [3.8, 4) is 5.75 Å². The summed E-state index contributed by atoms with van der Waals surface area (Å²) in [5.74, 6) is 2.24. The highest BCUT2D eigenvalue weighted by molar-refractivity contribution is 5.70. The predicted molar refractivity (Wildman–Crippen MR) is 88.8 cm³/mol. The Morgan fingerprint density at radius 2 is 2.29 bits per heavy atom. The average molecular weight is 283 g/mol. The second-order valence-corrected chi connectivity index (χ2v) is 6.14. The zero-order valence-corrected chi connectivity index (χ0v) is 13.1. The van der Waals surface area contributed by atoms with Gasteiger partial charge in [0, 0.05) is 18.2 Å². The molecule has 112 valence electrons. The summed E-state index contributed by atoms with van der Waals surface area (Å²) in [5.41, 5.74) is 3.84. The molecule has 1 aliphatic heterocycles. The lowest BCUT2D eigenvalue weighted by Gasteiger charge is -2.32. The molecule has 2 unspecified atom stereocenters. The first-order chi connectivity index (χ1) is 10.2. The number of ether oxygens (including phenoxy) is 1. The molecule has 0 aromatic heterocycles. The van der Waals surface area contributed by atoms with Crippen molar-refractivity contribution in [3.63, 3.8) is 0 Å². The van der Waals surface area contributed by atoms with Crippen LogP contribution in [0.4, 0.5) is 5.69 Å². The molecule has 1 aromatic carbocycles. The van der Waals surface area contributed by atoms with Gasteiger partial charge in [0.25, 0.3) is 0 Å². The van der Waals surface area contributed by atoms with E-state index in [0.717, 1.165) is 24.6 Å². The van der Waals surface area contributed by atoms with E-state index in [1.54, 1.807) is 7.11 Å². The maximum atomic E-state index is 5.57. The Bertz CT molecular complexity index is 561. The van der Waals surface area contributed by atoms with Crippen molar-refractivity contribution in [2.75, 3.05) is 18.6 Å². The van der Waals surface area contributed by atoms with Gasteiger partial charge in [0.2, 0.25) is 0 Å². The summed E-state index contributed by atoms with van der Waals surface area (Å²) in [6, 6.07) is 6.34. The molecule has 2 aliphatic rings. The Hall–Kier alpha value is -1.70. The number of para-hydroxylation sites is 1. The van der Waals surface area contributed by atoms with Gasteiger partial charge in [-0.2, -0.15) is 0 Å². The number of nitrogens with zero attached hydrogens (tertiary/aromatic N) is 1. The molecule has 0 bridgehead atoms. The van der Waals surface area contributed by atoms with Crippen LogP contribution in [0.25, 0.3) is 0 Å². The lowest BCUT2D eigenvalue weighted by molar-refractivity contribution is 0.407. The number of fused-ring (bicyclic) bond motifs is 1. The predicted octanol–water partition coefficient (Wildman–Crippen LogP) is 4.56. The van der Waals surface area contributed by atoms with Crippen LogP contribution in [0.2, 0.25) is 0 Å². The summed E-state index contributed by atoms with van der Waals surface area (Å²) in [4.78, 5) is 2.38. The molecule has 1 heterocycles. The number of methoxy groups -OCH3 is 1. The first-order valence-corrected chi connectivity index (χ1v) is 8.03. The van der Waals surface area contributed by atoms with Crippen LogP contribution in [0.5, 0.6) is 5.75 Å². The Labute approximate surface area is 128 Å². The van der Waals surface area contributed by atoms with Gasteiger partial charge < -0.3 is 9.64 Å². The second-order valence-electron chi connectivity index (χ2n) is 6.14. The summed E-state index contributed by atoms with van der Waals surface area (Å²) in [5, 5.41) is 0. The first-order valence-electron chi connectivity index (χ1n) is 8.03. The minimum Gasteiger partial charge on any atom is -0.495 e. The highest BCUT2D eigenvalue weighted by Gasteiger charge is 2.29. The highest BCUT2D eigenvalue weighted by atomic mass is 16.5. The summed E-state index contributed by atoms with van der Waals surface area (Å²) < 4.78 is 5.57. The van der Waals surface area contributed by atoms with Gasteiger partial charge in [-0.05, 0) is 36.8 Å². The Kier molecular flexibility index (Phi) is 4.05. The van der Waals surface area contributed by atoms with Crippen LogP contribution in [0.15, 0.2) is 42.6 Å². The normalized spacial score (nSPS) is 24.0. The number of allylic oxidation sites excluding steroid dienone is 2. The van der Waals surface area contributed by atoms with Crippen molar-refractivity contribution in [3.05, 3.63) is 48.2 Å². The van der Waals surface area contributed by atoms with Crippen LogP contribution < -0.4 is 9.64 Å². The number of benzene rings is 1. The van der Waals surface area contributed by atoms with Crippen LogP contribution in [-0.4, -0.2) is 13.7 Å². The molecule has 0 N–H and O–H groups in total. The van der Waals surface area contributed by atoms with E-state index in [-0.39, 0.29) is 0 Å². The fraction of sp³-hybridized carbons (Fsp3) is 0.474. The Morgan fingerprint density at radius 1 is 1.43 bits per heavy atom. The van der Waals surface area contributed by atoms with Crippen molar-refractivity contribution in [2.45, 2.75) is 32.6 Å². The Morgan fingerprint density at radius 3 is 3.05 bits per heavy atom. The Balaban J connectivity index is 1.85. The zero-order valence-electron chi connectivity index (χ0n) is 13.1. The van der Waals surface area contributed by atoms with E-state index in [4.69, 9.17) is 4.74 Å². The van der Waals surface area contributed by atoms with E-state index in [9.17, 15) is 0 Å². The third-order valence-electron chi connectivity index (χ3n) is 4.95. The van der Waals surface area contributed by atoms with Gasteiger partial charge in [-0.25, -0.2) is 0 Å². The molecule has 0 spiro atoms. The van der Waals surface area contributed by atoms with Gasteiger partial charge >= 0.3 is 0 Å². The standard InChI is InChI=1S/C19H25NO/c1-4-15-7-5-9-17(13-15)14(2)20-12-11-16-8-6-10-18(21-3)19(16)20/h5-6,8-10,15,17H,2,4,7,11-13H2,1,3H3. The third-order valence-corrected chi connectivity index (χ3v) is 4.95. The smallest absolute Gasteiger partial charge is 0.142 e. The molecular weight excluding hydrogens is 258 g/mol. The molecule has 0 saturated carbocycles. The van der Waals surface area contributed by atoms with Gasteiger partial charge in [0.15, 0.2) is 0 Å². The fourth-order valence-corrected chi connectivity index (χ4v) is 3.62. The molecule has 21 heavy (non-hydrogen) atoms. The van der Waals surface area contributed by atoms with E-state index in [1.165, 1.54) is 36.2 Å². The summed E-state index contributed by atoms with van der Waals surface area (Å²) >= 11 is 0. The quantitative estimate of drug-likeness (QED) is 0.751. The van der Waals surface area contributed by atoms with Gasteiger partial charge in [0.1, 0.15) is 5.75 Å². The third kappa shape index (κ3) is 2.59. The summed E-state index contributed by atoms with van der Waals surface area (Å²) in [6.07, 6.45) is 9.48. The van der Waals surface area contributed by atoms with Crippen LogP contribution >= 0.6 is 0 Å². The molecule has 0 amide bonds. The lowest BCUT2D eigenvalue weighted by Crippen LogP contribution is -2.26. The van der Waals surface area contributed by atoms with Crippen molar-refractivity contribution >= 4 is 5.69 Å². The molecule has 3 rings (SSSR count). The second kappa shape index (κ2) is 5.97. The van der Waals surface area contributed by atoms with Crippen LogP contribution in [0, 0.1) is 11.8 Å². The lowest BCUT2D eigenvalue weighted by atomic mass is 9.83. The molecule has 0 radical (unpaired) electrons. The highest BCUT2D eigenvalue weighted by Crippen LogP contribution is 2.42. The van der Waals surface area contributed by atoms with Crippen molar-refractivity contribution in [1.82, 2.24) is 0 Å². The number of rotatable bonds is 4. The molecule has 0 saturated heterocycles. The molecule has 2 atom stereocenters. The molecule has 1 aliphatic carbocycles. The van der Waals surface area contributed by atoms with E-state index < -0.39 is 0 Å². The number of hydrogen-bond acceptors (Lipinski definition) is 2. The van der Waals surface area contributed by atoms with Gasteiger partial charge in [-0.3, -0.25) is 0 Å². The van der Waals surface area contributed by atoms with E-state index in [1.807, 2.05) is 0 Å². The molecule has 2 nitrogen and oxygen atoms in total. The molecular formula is C19H25NO. The SMILES string of the molecule is C=C(C1C=CCC(CC)C1)N1CCc2cccc(OC)c21. The maximum absolute atomic E-state index is 5.57. The average Bonchev–Trinajstić information content (AvgIpc) is 2.98. The molecule has 0 fully saturated rings. The van der Waals surface area contributed by atoms with E-state index in [0.29, 0.717) is 5.92 Å². The maximum Gasteiger partial charge on any atom is 0.142 e. The minimum atomic E-state index is 0.472. The summed E-state index contributed by atoms with van der Waals surface area (Å²) in [6.45, 7) is 7.74. The zero-order chi connectivity index (χ0) is 14.8. The van der Waals surface area contributed by atoms with E-state index >= 15 is 0 Å². The van der Waals surface area contributed by atoms with Gasteiger partial charge in [-0.1, -0.05) is 44.2 Å². The van der Waals surface area contributed by atoms with Gasteiger partial charge in [0.05, 0.1) is 12.8 Å². The van der Waals surface area contributed by atoms with Crippen molar-refractivity contribution < 1.29 is 4.74 Å². The minimum absolute atomic E-state index is 0.472. The monoisotopic (exact) mass is 283 g/mol. The molecule has 1 aromatic rings. The largest absolute Gasteiger partial charge is 0.495 e. The first kappa shape index (κ1) is 14.2. The number of anilines is 1. The van der Waals surface area contributed by atoms with E-state index in [2.05, 4.69) is 48.8 Å². The topological polar surface area (TPSA) is 12.5 Å². The molecule has 2 heteroatoms. The van der Waals surface area contributed by atoms with Crippen LogP contribution in [0.1, 0.15) is 31.7 Å². The van der Waals surface area contributed by atoms with Crippen molar-refractivity contribution in [2.24, 2.45) is 11.8 Å². The van der Waals surface area contributed by atoms with Crippen LogP contribution in [-0.2, 0) is 6.42 Å². The van der Waals surface area contributed by atoms with Gasteiger partial charge in [-0.15, -0.1) is 0 Å². The van der Waals surface area contributed by atoms with Crippen molar-refractivity contribution in [1.29, 1.82) is 0 Å². The van der Waals surface area contributed by atoms with Crippen LogP contribution in [0.3, 0.4) is 0 Å².